The van der Waals surface area contributed by atoms with Gasteiger partial charge in [0.2, 0.25) is 15.9 Å². The molecule has 0 saturated heterocycles. The third-order valence-electron chi connectivity index (χ3n) is 3.51. The molecule has 0 radical (unpaired) electrons. The minimum Gasteiger partial charge on any atom is -0.326 e. The quantitative estimate of drug-likeness (QED) is 0.784. The van der Waals surface area contributed by atoms with Crippen LogP contribution in [0.15, 0.2) is 53.4 Å². The number of rotatable bonds is 7. The SMILES string of the molecule is CN(CCC(=O)Nc1cccc(S(N)(=O)=O)c1)Cc1cccc(F)c1. The summed E-state index contributed by atoms with van der Waals surface area (Å²) in [6.45, 7) is 0.989. The van der Waals surface area contributed by atoms with Crippen molar-refractivity contribution in [3.63, 3.8) is 0 Å². The van der Waals surface area contributed by atoms with Gasteiger partial charge >= 0.3 is 0 Å². The summed E-state index contributed by atoms with van der Waals surface area (Å²) in [4.78, 5) is 13.8. The molecule has 2 aromatic rings. The molecule has 3 N–H and O–H groups in total. The number of primary sulfonamides is 1. The van der Waals surface area contributed by atoms with Crippen LogP contribution in [0.5, 0.6) is 0 Å². The number of hydrogen-bond donors (Lipinski definition) is 2. The summed E-state index contributed by atoms with van der Waals surface area (Å²) in [6.07, 6.45) is 0.214. The van der Waals surface area contributed by atoms with Crippen LogP contribution in [0.4, 0.5) is 10.1 Å². The van der Waals surface area contributed by atoms with Gasteiger partial charge < -0.3 is 10.2 Å². The van der Waals surface area contributed by atoms with Crippen molar-refractivity contribution in [1.29, 1.82) is 0 Å². The Morgan fingerprint density at radius 3 is 2.60 bits per heavy atom. The van der Waals surface area contributed by atoms with Crippen molar-refractivity contribution in [3.8, 4) is 0 Å². The highest BCUT2D eigenvalue weighted by molar-refractivity contribution is 7.89. The largest absolute Gasteiger partial charge is 0.326 e. The lowest BCUT2D eigenvalue weighted by molar-refractivity contribution is -0.116. The van der Waals surface area contributed by atoms with E-state index in [1.54, 1.807) is 12.1 Å². The van der Waals surface area contributed by atoms with Gasteiger partial charge in [0, 0.05) is 25.2 Å². The molecule has 0 heterocycles. The summed E-state index contributed by atoms with van der Waals surface area (Å²) >= 11 is 0. The lowest BCUT2D eigenvalue weighted by Gasteiger charge is -2.16. The molecule has 0 fully saturated rings. The van der Waals surface area contributed by atoms with Crippen molar-refractivity contribution in [3.05, 3.63) is 59.9 Å². The molecular formula is C17H20FN3O3S. The van der Waals surface area contributed by atoms with Gasteiger partial charge in [-0.3, -0.25) is 4.79 Å². The number of nitrogens with one attached hydrogen (secondary N) is 1. The summed E-state index contributed by atoms with van der Waals surface area (Å²) < 4.78 is 35.8. The monoisotopic (exact) mass is 365 g/mol. The number of carbonyl (C=O) groups is 1. The van der Waals surface area contributed by atoms with E-state index in [0.717, 1.165) is 5.56 Å². The molecule has 0 aliphatic rings. The van der Waals surface area contributed by atoms with E-state index in [9.17, 15) is 17.6 Å². The number of sulfonamides is 1. The predicted molar refractivity (Wildman–Crippen MR) is 93.8 cm³/mol. The van der Waals surface area contributed by atoms with Crippen LogP contribution in [0, 0.1) is 5.82 Å². The first-order valence-corrected chi connectivity index (χ1v) is 9.14. The van der Waals surface area contributed by atoms with E-state index in [4.69, 9.17) is 5.14 Å². The number of nitrogens with zero attached hydrogens (tertiary/aromatic N) is 1. The van der Waals surface area contributed by atoms with Crippen molar-refractivity contribution in [2.45, 2.75) is 17.9 Å². The zero-order valence-corrected chi connectivity index (χ0v) is 14.6. The van der Waals surface area contributed by atoms with Gasteiger partial charge in [-0.05, 0) is 42.9 Å². The van der Waals surface area contributed by atoms with Gasteiger partial charge in [0.25, 0.3) is 0 Å². The number of halogens is 1. The molecule has 0 aliphatic carbocycles. The highest BCUT2D eigenvalue weighted by Crippen LogP contribution is 2.14. The first kappa shape index (κ1) is 19.0. The molecule has 0 spiro atoms. The number of anilines is 1. The summed E-state index contributed by atoms with van der Waals surface area (Å²) in [6, 6.07) is 12.1. The Labute approximate surface area is 146 Å². The highest BCUT2D eigenvalue weighted by atomic mass is 32.2. The van der Waals surface area contributed by atoms with Crippen molar-refractivity contribution in [1.82, 2.24) is 4.90 Å². The van der Waals surface area contributed by atoms with E-state index in [1.807, 2.05) is 18.0 Å². The maximum Gasteiger partial charge on any atom is 0.238 e. The Kier molecular flexibility index (Phi) is 6.24. The number of benzene rings is 2. The minimum atomic E-state index is -3.82. The second-order valence-corrected chi connectivity index (χ2v) is 7.30. The highest BCUT2D eigenvalue weighted by Gasteiger charge is 2.10. The van der Waals surface area contributed by atoms with Crippen LogP contribution >= 0.6 is 0 Å². The standard InChI is InChI=1S/C17H20FN3O3S/c1-21(12-13-4-2-5-14(18)10-13)9-8-17(22)20-15-6-3-7-16(11-15)25(19,23)24/h2-7,10-11H,8-9,12H2,1H3,(H,20,22)(H2,19,23,24). The summed E-state index contributed by atoms with van der Waals surface area (Å²) in [5.41, 5.74) is 1.19. The molecule has 0 unspecified atom stereocenters. The maximum absolute atomic E-state index is 13.2. The average molecular weight is 365 g/mol. The molecule has 2 aromatic carbocycles. The van der Waals surface area contributed by atoms with Gasteiger partial charge in [-0.25, -0.2) is 17.9 Å². The maximum atomic E-state index is 13.2. The van der Waals surface area contributed by atoms with E-state index in [0.29, 0.717) is 18.8 Å². The molecule has 134 valence electrons. The molecule has 0 bridgehead atoms. The molecule has 8 heteroatoms. The first-order chi connectivity index (χ1) is 11.7. The molecule has 0 aromatic heterocycles. The molecule has 0 aliphatic heterocycles. The second kappa shape index (κ2) is 8.19. The Morgan fingerprint density at radius 1 is 1.20 bits per heavy atom. The third-order valence-corrected chi connectivity index (χ3v) is 4.42. The predicted octanol–water partition coefficient (Wildman–Crippen LogP) is 1.93. The van der Waals surface area contributed by atoms with Crippen molar-refractivity contribution in [2.24, 2.45) is 5.14 Å². The average Bonchev–Trinajstić information content (AvgIpc) is 2.52. The fourth-order valence-corrected chi connectivity index (χ4v) is 2.85. The minimum absolute atomic E-state index is 0.0616. The van der Waals surface area contributed by atoms with E-state index >= 15 is 0 Å². The van der Waals surface area contributed by atoms with Crippen LogP contribution in [0.25, 0.3) is 0 Å². The molecule has 6 nitrogen and oxygen atoms in total. The molecule has 0 atom stereocenters. The Balaban J connectivity index is 1.86. The smallest absolute Gasteiger partial charge is 0.238 e. The van der Waals surface area contributed by atoms with Gasteiger partial charge in [-0.1, -0.05) is 18.2 Å². The Hall–Kier alpha value is -2.29. The lowest BCUT2D eigenvalue weighted by Crippen LogP contribution is -2.24. The van der Waals surface area contributed by atoms with Crippen LogP contribution in [-0.2, 0) is 21.4 Å². The molecular weight excluding hydrogens is 345 g/mol. The zero-order valence-electron chi connectivity index (χ0n) is 13.8. The number of hydrogen-bond acceptors (Lipinski definition) is 4. The second-order valence-electron chi connectivity index (χ2n) is 5.74. The summed E-state index contributed by atoms with van der Waals surface area (Å²) in [5.74, 6) is -0.545. The molecule has 25 heavy (non-hydrogen) atoms. The van der Waals surface area contributed by atoms with Gasteiger partial charge in [0.15, 0.2) is 0 Å². The number of amides is 1. The van der Waals surface area contributed by atoms with Gasteiger partial charge in [-0.2, -0.15) is 0 Å². The topological polar surface area (TPSA) is 92.5 Å². The molecule has 2 rings (SSSR count). The van der Waals surface area contributed by atoms with Crippen LogP contribution in [0.2, 0.25) is 0 Å². The fourth-order valence-electron chi connectivity index (χ4n) is 2.29. The number of nitrogens with two attached hydrogens (primary N) is 1. The van der Waals surface area contributed by atoms with Crippen LogP contribution < -0.4 is 10.5 Å². The molecule has 0 saturated carbocycles. The zero-order chi connectivity index (χ0) is 18.4. The third kappa shape index (κ3) is 6.26. The normalized spacial score (nSPS) is 11.5. The van der Waals surface area contributed by atoms with E-state index in [1.165, 1.54) is 30.3 Å². The van der Waals surface area contributed by atoms with Crippen molar-refractivity contribution < 1.29 is 17.6 Å². The Bertz CT molecular complexity index is 856. The van der Waals surface area contributed by atoms with Gasteiger partial charge in [-0.15, -0.1) is 0 Å². The van der Waals surface area contributed by atoms with E-state index in [-0.39, 0.29) is 23.0 Å². The lowest BCUT2D eigenvalue weighted by atomic mass is 10.2. The van der Waals surface area contributed by atoms with Crippen LogP contribution in [-0.4, -0.2) is 32.8 Å². The van der Waals surface area contributed by atoms with Crippen molar-refractivity contribution in [2.75, 3.05) is 18.9 Å². The van der Waals surface area contributed by atoms with Gasteiger partial charge in [0.05, 0.1) is 4.90 Å². The Morgan fingerprint density at radius 2 is 1.92 bits per heavy atom. The number of carbonyl (C=O) groups excluding carboxylic acids is 1. The summed E-state index contributed by atoms with van der Waals surface area (Å²) in [5, 5.41) is 7.70. The van der Waals surface area contributed by atoms with E-state index < -0.39 is 10.0 Å². The van der Waals surface area contributed by atoms with Crippen molar-refractivity contribution >= 4 is 21.6 Å². The first-order valence-electron chi connectivity index (χ1n) is 7.60. The van der Waals surface area contributed by atoms with Gasteiger partial charge in [0.1, 0.15) is 5.82 Å². The fraction of sp³-hybridized carbons (Fsp3) is 0.235. The van der Waals surface area contributed by atoms with Crippen LogP contribution in [0.3, 0.4) is 0 Å². The summed E-state index contributed by atoms with van der Waals surface area (Å²) in [7, 11) is -1.98. The van der Waals surface area contributed by atoms with E-state index in [2.05, 4.69) is 5.32 Å². The van der Waals surface area contributed by atoms with Crippen LogP contribution in [0.1, 0.15) is 12.0 Å². The molecule has 1 amide bonds.